The van der Waals surface area contributed by atoms with Gasteiger partial charge < -0.3 is 15.2 Å². The Kier molecular flexibility index (Phi) is 7.75. The van der Waals surface area contributed by atoms with Gasteiger partial charge in [-0.05, 0) is 44.0 Å². The summed E-state index contributed by atoms with van der Waals surface area (Å²) in [6.07, 6.45) is 4.78. The van der Waals surface area contributed by atoms with Crippen molar-refractivity contribution < 1.29 is 14.4 Å². The van der Waals surface area contributed by atoms with Crippen LogP contribution in [0.25, 0.3) is 11.5 Å². The first-order chi connectivity index (χ1) is 14.1. The summed E-state index contributed by atoms with van der Waals surface area (Å²) in [6, 6.07) is 11.7. The quantitative estimate of drug-likeness (QED) is 0.241. The Morgan fingerprint density at radius 1 is 1.14 bits per heavy atom. The van der Waals surface area contributed by atoms with E-state index in [1.165, 1.54) is 5.56 Å². The van der Waals surface area contributed by atoms with Crippen molar-refractivity contribution in [3.63, 3.8) is 0 Å². The van der Waals surface area contributed by atoms with E-state index >= 15 is 0 Å². The Hall–Kier alpha value is -2.28. The second kappa shape index (κ2) is 10.5. The first-order valence-corrected chi connectivity index (χ1v) is 10.5. The van der Waals surface area contributed by atoms with Gasteiger partial charge in [0, 0.05) is 37.3 Å². The standard InChI is InChI=1S/C23H29N3O2S/c1-18-7-8-20(17-19(18)2)22(27)21(26-11-4-3-5-12-26)23(29)24-9-6-10-25-13-15-28-16-14-25/h3-5,7-8,11-12,17H,6,9-10,13-16H2,1-2H3,(H-,24,27,29)/p+1. The number of nitrogens with one attached hydrogen (secondary N) is 1. The fourth-order valence-corrected chi connectivity index (χ4v) is 3.64. The van der Waals surface area contributed by atoms with E-state index < -0.39 is 0 Å². The van der Waals surface area contributed by atoms with Crippen LogP contribution in [0.2, 0.25) is 0 Å². The van der Waals surface area contributed by atoms with Gasteiger partial charge in [0.25, 0.3) is 5.70 Å². The number of nitrogens with zero attached hydrogens (tertiary/aromatic N) is 2. The molecular formula is C23H30N3O2S+. The molecule has 0 saturated carbocycles. The number of morpholine rings is 1. The highest BCUT2D eigenvalue weighted by Crippen LogP contribution is 2.20. The lowest BCUT2D eigenvalue weighted by molar-refractivity contribution is -0.576. The average molecular weight is 413 g/mol. The summed E-state index contributed by atoms with van der Waals surface area (Å²) >= 11 is 5.68. The van der Waals surface area contributed by atoms with Crippen molar-refractivity contribution in [1.82, 2.24) is 10.2 Å². The number of aryl methyl sites for hydroxylation is 2. The lowest BCUT2D eigenvalue weighted by atomic mass is 10.0. The molecule has 154 valence electrons. The number of aliphatic hydroxyl groups excluding tert-OH is 1. The summed E-state index contributed by atoms with van der Waals surface area (Å²) in [6.45, 7) is 9.48. The maximum atomic E-state index is 11.1. The third-order valence-electron chi connectivity index (χ3n) is 5.23. The number of aliphatic hydroxyl groups is 1. The van der Waals surface area contributed by atoms with Crippen molar-refractivity contribution in [3.8, 4) is 0 Å². The maximum Gasteiger partial charge on any atom is 0.287 e. The second-order valence-electron chi connectivity index (χ2n) is 7.34. The smallest absolute Gasteiger partial charge is 0.287 e. The number of hydrogen-bond donors (Lipinski definition) is 2. The molecule has 0 atom stereocenters. The van der Waals surface area contributed by atoms with E-state index in [4.69, 9.17) is 17.0 Å². The lowest BCUT2D eigenvalue weighted by Crippen LogP contribution is -2.42. The van der Waals surface area contributed by atoms with E-state index in [2.05, 4.69) is 17.1 Å². The van der Waals surface area contributed by atoms with Gasteiger partial charge in [-0.3, -0.25) is 4.90 Å². The van der Waals surface area contributed by atoms with Gasteiger partial charge in [-0.15, -0.1) is 0 Å². The fourth-order valence-electron chi connectivity index (χ4n) is 3.33. The molecule has 1 aromatic carbocycles. The number of thiocarbonyl (C=S) groups is 1. The van der Waals surface area contributed by atoms with E-state index in [1.807, 2.05) is 60.3 Å². The lowest BCUT2D eigenvalue weighted by Gasteiger charge is -2.26. The number of hydrogen-bond acceptors (Lipinski definition) is 4. The largest absolute Gasteiger partial charge is 0.502 e. The second-order valence-corrected chi connectivity index (χ2v) is 7.75. The van der Waals surface area contributed by atoms with Crippen molar-refractivity contribution in [2.45, 2.75) is 20.3 Å². The van der Waals surface area contributed by atoms with Gasteiger partial charge in [-0.1, -0.05) is 30.4 Å². The molecule has 0 radical (unpaired) electrons. The molecule has 0 bridgehead atoms. The highest BCUT2D eigenvalue weighted by Gasteiger charge is 2.23. The number of benzene rings is 1. The van der Waals surface area contributed by atoms with Crippen LogP contribution in [0.5, 0.6) is 0 Å². The molecule has 0 unspecified atom stereocenters. The SMILES string of the molecule is Cc1ccc(C(O)=C(C(=S)NCCCN2CCOCC2)[n+]2ccccc2)cc1C. The van der Waals surface area contributed by atoms with Gasteiger partial charge >= 0.3 is 0 Å². The molecule has 0 spiro atoms. The summed E-state index contributed by atoms with van der Waals surface area (Å²) < 4.78 is 7.26. The fraction of sp³-hybridized carbons (Fsp3) is 0.391. The summed E-state index contributed by atoms with van der Waals surface area (Å²) in [4.78, 5) is 2.95. The Bertz CT molecular complexity index is 862. The van der Waals surface area contributed by atoms with Crippen molar-refractivity contribution in [3.05, 3.63) is 65.5 Å². The van der Waals surface area contributed by atoms with Crippen molar-refractivity contribution in [2.24, 2.45) is 0 Å². The van der Waals surface area contributed by atoms with Gasteiger partial charge in [0.2, 0.25) is 0 Å². The number of pyridine rings is 1. The van der Waals surface area contributed by atoms with Crippen LogP contribution in [0.3, 0.4) is 0 Å². The zero-order chi connectivity index (χ0) is 20.6. The first-order valence-electron chi connectivity index (χ1n) is 10.1. The van der Waals surface area contributed by atoms with Gasteiger partial charge in [0.1, 0.15) is 0 Å². The molecule has 1 aliphatic heterocycles. The van der Waals surface area contributed by atoms with Crippen LogP contribution in [0.1, 0.15) is 23.1 Å². The normalized spacial score (nSPS) is 15.7. The molecule has 29 heavy (non-hydrogen) atoms. The molecule has 2 heterocycles. The molecule has 1 fully saturated rings. The Morgan fingerprint density at radius 3 is 2.55 bits per heavy atom. The molecule has 3 rings (SSSR count). The average Bonchev–Trinajstić information content (AvgIpc) is 2.75. The van der Waals surface area contributed by atoms with Crippen molar-refractivity contribution >= 4 is 28.7 Å². The number of aromatic nitrogens is 1. The van der Waals surface area contributed by atoms with Crippen molar-refractivity contribution in [2.75, 3.05) is 39.4 Å². The van der Waals surface area contributed by atoms with Gasteiger partial charge in [0.15, 0.2) is 23.1 Å². The summed E-state index contributed by atoms with van der Waals surface area (Å²) in [7, 11) is 0. The van der Waals surface area contributed by atoms with Gasteiger partial charge in [0.05, 0.1) is 13.2 Å². The highest BCUT2D eigenvalue weighted by molar-refractivity contribution is 7.81. The molecule has 6 heteroatoms. The summed E-state index contributed by atoms with van der Waals surface area (Å²) in [5, 5.41) is 14.4. The topological polar surface area (TPSA) is 48.6 Å². The molecule has 0 amide bonds. The molecule has 1 saturated heterocycles. The minimum Gasteiger partial charge on any atom is -0.502 e. The number of ether oxygens (including phenoxy) is 1. The first kappa shape index (κ1) is 21.4. The predicted molar refractivity (Wildman–Crippen MR) is 121 cm³/mol. The molecule has 1 aliphatic rings. The Morgan fingerprint density at radius 2 is 1.86 bits per heavy atom. The van der Waals surface area contributed by atoms with Crippen LogP contribution < -0.4 is 9.88 Å². The van der Waals surface area contributed by atoms with E-state index in [1.54, 1.807) is 0 Å². The zero-order valence-electron chi connectivity index (χ0n) is 17.2. The van der Waals surface area contributed by atoms with E-state index in [9.17, 15) is 5.11 Å². The Balaban J connectivity index is 1.74. The maximum absolute atomic E-state index is 11.1. The Labute approximate surface area is 178 Å². The highest BCUT2D eigenvalue weighted by atomic mass is 32.1. The van der Waals surface area contributed by atoms with Crippen LogP contribution >= 0.6 is 12.2 Å². The van der Waals surface area contributed by atoms with E-state index in [-0.39, 0.29) is 5.76 Å². The van der Waals surface area contributed by atoms with Crippen LogP contribution in [0.4, 0.5) is 0 Å². The van der Waals surface area contributed by atoms with Gasteiger partial charge in [-0.25, -0.2) is 0 Å². The van der Waals surface area contributed by atoms with Crippen LogP contribution in [-0.2, 0) is 4.74 Å². The van der Waals surface area contributed by atoms with Crippen LogP contribution in [-0.4, -0.2) is 54.4 Å². The molecular weight excluding hydrogens is 382 g/mol. The van der Waals surface area contributed by atoms with Crippen molar-refractivity contribution in [1.29, 1.82) is 0 Å². The van der Waals surface area contributed by atoms with Crippen LogP contribution in [0, 0.1) is 13.8 Å². The van der Waals surface area contributed by atoms with Gasteiger partial charge in [-0.2, -0.15) is 4.57 Å². The number of rotatable bonds is 7. The third-order valence-corrected chi connectivity index (χ3v) is 5.57. The predicted octanol–water partition coefficient (Wildman–Crippen LogP) is 3.11. The minimum atomic E-state index is 0.176. The molecule has 2 aromatic rings. The minimum absolute atomic E-state index is 0.176. The van der Waals surface area contributed by atoms with E-state index in [0.29, 0.717) is 10.7 Å². The third kappa shape index (κ3) is 5.85. The van der Waals surface area contributed by atoms with Crippen LogP contribution in [0.15, 0.2) is 48.8 Å². The molecule has 1 aromatic heterocycles. The monoisotopic (exact) mass is 412 g/mol. The van der Waals surface area contributed by atoms with E-state index in [0.717, 1.165) is 56.9 Å². The summed E-state index contributed by atoms with van der Waals surface area (Å²) in [5.41, 5.74) is 3.68. The molecule has 2 N–H and O–H groups in total. The summed E-state index contributed by atoms with van der Waals surface area (Å²) in [5.74, 6) is 0.176. The molecule has 0 aliphatic carbocycles. The zero-order valence-corrected chi connectivity index (χ0v) is 18.0. The molecule has 5 nitrogen and oxygen atoms in total.